The fourth-order valence-electron chi connectivity index (χ4n) is 1.39. The molecule has 2 aromatic rings. The topological polar surface area (TPSA) is 64.1 Å². The van der Waals surface area contributed by atoms with Gasteiger partial charge in [0.05, 0.1) is 17.5 Å². The van der Waals surface area contributed by atoms with Crippen molar-refractivity contribution in [2.24, 2.45) is 5.73 Å². The van der Waals surface area contributed by atoms with Crippen molar-refractivity contribution in [3.8, 4) is 10.7 Å². The van der Waals surface area contributed by atoms with E-state index in [9.17, 15) is 5.11 Å². The van der Waals surface area contributed by atoms with Gasteiger partial charge in [-0.05, 0) is 11.4 Å². The van der Waals surface area contributed by atoms with Gasteiger partial charge in [0.25, 0.3) is 0 Å². The predicted octanol–water partition coefficient (Wildman–Crippen LogP) is 0.931. The molecule has 0 radical (unpaired) electrons. The van der Waals surface area contributed by atoms with E-state index in [4.69, 9.17) is 5.73 Å². The fraction of sp³-hybridized carbons (Fsp3) is 0.300. The van der Waals surface area contributed by atoms with Gasteiger partial charge < -0.3 is 15.4 Å². The standard InChI is InChI=1S/C10H13N3OS/c11-6-8(14)7-13-4-3-12-10(13)9-2-1-5-15-9/h1-5,8,14H,6-7,11H2. The van der Waals surface area contributed by atoms with Gasteiger partial charge in [0.15, 0.2) is 0 Å². The normalized spacial score (nSPS) is 12.9. The molecular formula is C10H13N3OS. The Morgan fingerprint density at radius 1 is 1.60 bits per heavy atom. The summed E-state index contributed by atoms with van der Waals surface area (Å²) in [7, 11) is 0. The summed E-state index contributed by atoms with van der Waals surface area (Å²) in [5.74, 6) is 0.887. The SMILES string of the molecule is NCC(O)Cn1ccnc1-c1cccs1. The number of hydrogen-bond acceptors (Lipinski definition) is 4. The Morgan fingerprint density at radius 3 is 3.13 bits per heavy atom. The molecule has 0 aromatic carbocycles. The van der Waals surface area contributed by atoms with Gasteiger partial charge >= 0.3 is 0 Å². The monoisotopic (exact) mass is 223 g/mol. The minimum atomic E-state index is -0.516. The van der Waals surface area contributed by atoms with Crippen LogP contribution in [-0.4, -0.2) is 27.3 Å². The highest BCUT2D eigenvalue weighted by Crippen LogP contribution is 2.22. The molecule has 1 atom stereocenters. The van der Waals surface area contributed by atoms with E-state index in [1.165, 1.54) is 0 Å². The molecule has 0 bridgehead atoms. The van der Waals surface area contributed by atoms with Crippen LogP contribution in [0.3, 0.4) is 0 Å². The molecular weight excluding hydrogens is 210 g/mol. The summed E-state index contributed by atoms with van der Waals surface area (Å²) in [6, 6.07) is 4.00. The van der Waals surface area contributed by atoms with Gasteiger partial charge in [-0.3, -0.25) is 0 Å². The maximum absolute atomic E-state index is 9.48. The molecule has 0 fully saturated rings. The molecule has 80 valence electrons. The zero-order valence-corrected chi connectivity index (χ0v) is 9.02. The van der Waals surface area contributed by atoms with Crippen molar-refractivity contribution in [3.63, 3.8) is 0 Å². The van der Waals surface area contributed by atoms with E-state index >= 15 is 0 Å². The summed E-state index contributed by atoms with van der Waals surface area (Å²) in [4.78, 5) is 5.37. The van der Waals surface area contributed by atoms with Gasteiger partial charge in [0.2, 0.25) is 0 Å². The van der Waals surface area contributed by atoms with Crippen LogP contribution >= 0.6 is 11.3 Å². The van der Waals surface area contributed by atoms with Crippen LogP contribution in [-0.2, 0) is 6.54 Å². The molecule has 15 heavy (non-hydrogen) atoms. The number of rotatable bonds is 4. The van der Waals surface area contributed by atoms with Crippen LogP contribution in [0.25, 0.3) is 10.7 Å². The maximum Gasteiger partial charge on any atom is 0.150 e. The highest BCUT2D eigenvalue weighted by atomic mass is 32.1. The van der Waals surface area contributed by atoms with E-state index in [1.54, 1.807) is 17.5 Å². The molecule has 2 heterocycles. The van der Waals surface area contributed by atoms with Crippen LogP contribution in [0.5, 0.6) is 0 Å². The summed E-state index contributed by atoms with van der Waals surface area (Å²) in [5, 5.41) is 11.5. The zero-order valence-electron chi connectivity index (χ0n) is 8.21. The van der Waals surface area contributed by atoms with Crippen molar-refractivity contribution in [2.75, 3.05) is 6.54 Å². The van der Waals surface area contributed by atoms with Gasteiger partial charge in [-0.15, -0.1) is 11.3 Å². The molecule has 5 heteroatoms. The second-order valence-electron chi connectivity index (χ2n) is 3.27. The first-order valence-corrected chi connectivity index (χ1v) is 5.62. The van der Waals surface area contributed by atoms with Crippen molar-refractivity contribution < 1.29 is 5.11 Å². The Morgan fingerprint density at radius 2 is 2.47 bits per heavy atom. The zero-order chi connectivity index (χ0) is 10.7. The number of imidazole rings is 1. The second kappa shape index (κ2) is 4.57. The second-order valence-corrected chi connectivity index (χ2v) is 4.22. The van der Waals surface area contributed by atoms with E-state index in [-0.39, 0.29) is 6.54 Å². The van der Waals surface area contributed by atoms with Gasteiger partial charge in [-0.1, -0.05) is 6.07 Å². The quantitative estimate of drug-likeness (QED) is 0.810. The van der Waals surface area contributed by atoms with Crippen molar-refractivity contribution in [3.05, 3.63) is 29.9 Å². The molecule has 2 rings (SSSR count). The van der Waals surface area contributed by atoms with Gasteiger partial charge in [0.1, 0.15) is 5.82 Å². The Kier molecular flexibility index (Phi) is 3.15. The third kappa shape index (κ3) is 2.26. The first-order chi connectivity index (χ1) is 7.31. The van der Waals surface area contributed by atoms with Crippen LogP contribution in [0, 0.1) is 0 Å². The average molecular weight is 223 g/mol. The summed E-state index contributed by atoms with van der Waals surface area (Å²) in [6.07, 6.45) is 3.07. The highest BCUT2D eigenvalue weighted by molar-refractivity contribution is 7.13. The molecule has 3 N–H and O–H groups in total. The number of nitrogens with zero attached hydrogens (tertiary/aromatic N) is 2. The lowest BCUT2D eigenvalue weighted by molar-refractivity contribution is 0.162. The number of aromatic nitrogens is 2. The number of thiophene rings is 1. The van der Waals surface area contributed by atoms with Crippen LogP contribution in [0.1, 0.15) is 0 Å². The van der Waals surface area contributed by atoms with Crippen molar-refractivity contribution in [2.45, 2.75) is 12.6 Å². The van der Waals surface area contributed by atoms with Crippen LogP contribution in [0.15, 0.2) is 29.9 Å². The van der Waals surface area contributed by atoms with E-state index < -0.39 is 6.10 Å². The summed E-state index contributed by atoms with van der Waals surface area (Å²) >= 11 is 1.63. The number of aliphatic hydroxyl groups excluding tert-OH is 1. The first-order valence-electron chi connectivity index (χ1n) is 4.74. The van der Waals surface area contributed by atoms with Gasteiger partial charge in [0, 0.05) is 18.9 Å². The third-order valence-electron chi connectivity index (χ3n) is 2.14. The Hall–Kier alpha value is -1.17. The Bertz CT molecular complexity index is 410. The van der Waals surface area contributed by atoms with Crippen molar-refractivity contribution >= 4 is 11.3 Å². The molecule has 0 spiro atoms. The maximum atomic E-state index is 9.48. The Balaban J connectivity index is 2.23. The smallest absolute Gasteiger partial charge is 0.150 e. The molecule has 0 aliphatic rings. The molecule has 0 aliphatic carbocycles. The van der Waals surface area contributed by atoms with E-state index in [0.29, 0.717) is 6.54 Å². The highest BCUT2D eigenvalue weighted by Gasteiger charge is 2.09. The molecule has 0 saturated carbocycles. The van der Waals surface area contributed by atoms with Crippen LogP contribution in [0.4, 0.5) is 0 Å². The number of aliphatic hydroxyl groups is 1. The van der Waals surface area contributed by atoms with E-state index in [1.807, 2.05) is 28.3 Å². The van der Waals surface area contributed by atoms with Gasteiger partial charge in [-0.25, -0.2) is 4.98 Å². The number of hydrogen-bond donors (Lipinski definition) is 2. The molecule has 1 unspecified atom stereocenters. The minimum absolute atomic E-state index is 0.266. The molecule has 0 aliphatic heterocycles. The van der Waals surface area contributed by atoms with E-state index in [0.717, 1.165) is 10.7 Å². The summed E-state index contributed by atoms with van der Waals surface area (Å²) < 4.78 is 1.92. The molecule has 0 amide bonds. The van der Waals surface area contributed by atoms with Crippen LogP contribution in [0.2, 0.25) is 0 Å². The predicted molar refractivity (Wildman–Crippen MR) is 60.6 cm³/mol. The average Bonchev–Trinajstić information content (AvgIpc) is 2.86. The lowest BCUT2D eigenvalue weighted by Crippen LogP contribution is -2.25. The number of nitrogens with two attached hydrogens (primary N) is 1. The molecule has 0 saturated heterocycles. The lowest BCUT2D eigenvalue weighted by Gasteiger charge is -2.10. The molecule has 4 nitrogen and oxygen atoms in total. The van der Waals surface area contributed by atoms with Crippen LogP contribution < -0.4 is 5.73 Å². The van der Waals surface area contributed by atoms with E-state index in [2.05, 4.69) is 4.98 Å². The fourth-order valence-corrected chi connectivity index (χ4v) is 2.13. The minimum Gasteiger partial charge on any atom is -0.390 e. The lowest BCUT2D eigenvalue weighted by atomic mass is 10.3. The first kappa shape index (κ1) is 10.4. The van der Waals surface area contributed by atoms with Gasteiger partial charge in [-0.2, -0.15) is 0 Å². The molecule has 2 aromatic heterocycles. The van der Waals surface area contributed by atoms with Crippen molar-refractivity contribution in [1.82, 2.24) is 9.55 Å². The third-order valence-corrected chi connectivity index (χ3v) is 3.00. The summed E-state index contributed by atoms with van der Waals surface area (Å²) in [5.41, 5.74) is 5.38. The van der Waals surface area contributed by atoms with Crippen molar-refractivity contribution in [1.29, 1.82) is 0 Å². The largest absolute Gasteiger partial charge is 0.390 e. The Labute approximate surface area is 92.0 Å². The summed E-state index contributed by atoms with van der Waals surface area (Å²) in [6.45, 7) is 0.756.